The molecule has 2 nitrogen and oxygen atoms in total. The van der Waals surface area contributed by atoms with Crippen molar-refractivity contribution in [1.29, 1.82) is 0 Å². The van der Waals surface area contributed by atoms with Gasteiger partial charge in [0, 0.05) is 7.11 Å². The van der Waals surface area contributed by atoms with Crippen LogP contribution in [0, 0.1) is 0 Å². The van der Waals surface area contributed by atoms with Gasteiger partial charge >= 0.3 is 48.9 Å². The Kier molecular flexibility index (Phi) is 110. The fourth-order valence-corrected chi connectivity index (χ4v) is 0. The SMILES string of the molecule is CO.O.[Ba+2].[H-].[H-]. The van der Waals surface area contributed by atoms with E-state index < -0.39 is 0 Å². The molecule has 4 heavy (non-hydrogen) atoms. The van der Waals surface area contributed by atoms with Gasteiger partial charge in [-0.1, -0.05) is 0 Å². The minimum atomic E-state index is 0. The van der Waals surface area contributed by atoms with Gasteiger partial charge in [0.25, 0.3) is 0 Å². The van der Waals surface area contributed by atoms with E-state index in [0.29, 0.717) is 0 Å². The van der Waals surface area contributed by atoms with Gasteiger partial charge in [-0.15, -0.1) is 0 Å². The summed E-state index contributed by atoms with van der Waals surface area (Å²) < 4.78 is 0. The van der Waals surface area contributed by atoms with E-state index in [2.05, 4.69) is 0 Å². The van der Waals surface area contributed by atoms with Gasteiger partial charge in [-0.3, -0.25) is 0 Å². The van der Waals surface area contributed by atoms with Crippen molar-refractivity contribution in [3.63, 3.8) is 0 Å². The van der Waals surface area contributed by atoms with Crippen molar-refractivity contribution in [2.24, 2.45) is 0 Å². The van der Waals surface area contributed by atoms with Gasteiger partial charge in [0.05, 0.1) is 0 Å². The van der Waals surface area contributed by atoms with Crippen LogP contribution in [0.15, 0.2) is 0 Å². The number of hydrogen-bond acceptors (Lipinski definition) is 1. The largest absolute Gasteiger partial charge is 2.00 e. The van der Waals surface area contributed by atoms with E-state index in [0.717, 1.165) is 7.11 Å². The smallest absolute Gasteiger partial charge is 1.00 e. The molecule has 0 spiro atoms. The predicted molar refractivity (Wildman–Crippen MR) is 19.7 cm³/mol. The first-order valence-electron chi connectivity index (χ1n) is 0.447. The molecule has 0 aromatic heterocycles. The number of hydrogen-bond donors (Lipinski definition) is 1. The second-order valence-electron chi connectivity index (χ2n) is 0. The molecule has 0 rings (SSSR count). The van der Waals surface area contributed by atoms with E-state index in [-0.39, 0.29) is 57.2 Å². The van der Waals surface area contributed by atoms with E-state index in [1.54, 1.807) is 0 Å². The minimum Gasteiger partial charge on any atom is -1.00 e. The third kappa shape index (κ3) is 9.74. The van der Waals surface area contributed by atoms with Gasteiger partial charge in [-0.2, -0.15) is 0 Å². The van der Waals surface area contributed by atoms with Crippen molar-refractivity contribution in [2.75, 3.05) is 7.11 Å². The second-order valence-corrected chi connectivity index (χ2v) is 0. The van der Waals surface area contributed by atoms with Crippen molar-refractivity contribution >= 4 is 48.9 Å². The average molecular weight is 189 g/mol. The summed E-state index contributed by atoms with van der Waals surface area (Å²) in [6.45, 7) is 0. The maximum Gasteiger partial charge on any atom is 2.00 e. The molecule has 0 aromatic carbocycles. The summed E-state index contributed by atoms with van der Waals surface area (Å²) in [7, 11) is 1.00. The fraction of sp³-hybridized carbons (Fsp3) is 1.00. The molecule has 0 atom stereocenters. The first kappa shape index (κ1) is 17.8. The topological polar surface area (TPSA) is 51.7 Å². The molecule has 0 aliphatic heterocycles. The molecule has 26 valence electrons. The monoisotopic (exact) mass is 190 g/mol. The molecule has 0 radical (unpaired) electrons. The zero-order chi connectivity index (χ0) is 2.00. The Morgan fingerprint density at radius 1 is 1.50 bits per heavy atom. The molecule has 0 unspecified atom stereocenters. The van der Waals surface area contributed by atoms with Gasteiger partial charge < -0.3 is 13.4 Å². The molecule has 0 bridgehead atoms. The molecule has 0 saturated carbocycles. The Hall–Kier alpha value is 1.49. The molecule has 0 aromatic rings. The molecular weight excluding hydrogens is 181 g/mol. The molecule has 0 amide bonds. The third-order valence-electron chi connectivity index (χ3n) is 0. The molecule has 3 N–H and O–H groups in total. The van der Waals surface area contributed by atoms with Crippen LogP contribution < -0.4 is 0 Å². The van der Waals surface area contributed by atoms with E-state index >= 15 is 0 Å². The third-order valence-corrected chi connectivity index (χ3v) is 0. The summed E-state index contributed by atoms with van der Waals surface area (Å²) >= 11 is 0. The molecule has 0 aliphatic rings. The standard InChI is InChI=1S/CH4O.Ba.H2O.2H/c1-2;;;;/h2H,1H3;;1H2;;/q;+2;;2*-1. The van der Waals surface area contributed by atoms with Gasteiger partial charge in [-0.25, -0.2) is 0 Å². The summed E-state index contributed by atoms with van der Waals surface area (Å²) in [6, 6.07) is 0. The van der Waals surface area contributed by atoms with E-state index in [4.69, 9.17) is 5.11 Å². The first-order chi connectivity index (χ1) is 1.00. The summed E-state index contributed by atoms with van der Waals surface area (Å²) in [4.78, 5) is 0. The summed E-state index contributed by atoms with van der Waals surface area (Å²) in [5, 5.41) is 7.00. The van der Waals surface area contributed by atoms with Crippen LogP contribution in [-0.2, 0) is 0 Å². The molecular formula is CH8BaO2. The average Bonchev–Trinajstić information content (AvgIpc) is 1.00. The van der Waals surface area contributed by atoms with Gasteiger partial charge in [0.1, 0.15) is 0 Å². The van der Waals surface area contributed by atoms with Crippen molar-refractivity contribution in [3.8, 4) is 0 Å². The summed E-state index contributed by atoms with van der Waals surface area (Å²) in [6.07, 6.45) is 0. The maximum absolute atomic E-state index is 7.00. The van der Waals surface area contributed by atoms with E-state index in [1.165, 1.54) is 0 Å². The maximum atomic E-state index is 7.00. The van der Waals surface area contributed by atoms with Crippen molar-refractivity contribution < 1.29 is 13.4 Å². The van der Waals surface area contributed by atoms with Crippen LogP contribution >= 0.6 is 0 Å². The van der Waals surface area contributed by atoms with Crippen LogP contribution in [0.3, 0.4) is 0 Å². The Bertz CT molecular complexity index is 11.5. The Balaban J connectivity index is -0.000000000833. The van der Waals surface area contributed by atoms with Gasteiger partial charge in [-0.05, 0) is 0 Å². The van der Waals surface area contributed by atoms with Crippen molar-refractivity contribution in [3.05, 3.63) is 0 Å². The molecule has 0 saturated heterocycles. The van der Waals surface area contributed by atoms with Gasteiger partial charge in [0.15, 0.2) is 0 Å². The molecule has 0 aliphatic carbocycles. The minimum absolute atomic E-state index is 0. The second kappa shape index (κ2) is 24.6. The van der Waals surface area contributed by atoms with Crippen LogP contribution in [0.2, 0.25) is 0 Å². The van der Waals surface area contributed by atoms with Crippen LogP contribution in [0.1, 0.15) is 2.85 Å². The van der Waals surface area contributed by atoms with Crippen molar-refractivity contribution in [2.45, 2.75) is 0 Å². The Morgan fingerprint density at radius 3 is 1.50 bits per heavy atom. The van der Waals surface area contributed by atoms with Crippen molar-refractivity contribution in [1.82, 2.24) is 0 Å². The Labute approximate surface area is 68.6 Å². The van der Waals surface area contributed by atoms with Crippen LogP contribution in [0.25, 0.3) is 0 Å². The normalized spacial score (nSPS) is 1.50. The quantitative estimate of drug-likeness (QED) is 0.470. The zero-order valence-electron chi connectivity index (χ0n) is 4.65. The molecule has 0 heterocycles. The summed E-state index contributed by atoms with van der Waals surface area (Å²) in [5.41, 5.74) is 0. The fourth-order valence-electron chi connectivity index (χ4n) is 0. The molecule has 0 fully saturated rings. The van der Waals surface area contributed by atoms with Crippen LogP contribution in [0.4, 0.5) is 0 Å². The number of rotatable bonds is 0. The first-order valence-corrected chi connectivity index (χ1v) is 0.447. The zero-order valence-corrected chi connectivity index (χ0v) is 7.10. The predicted octanol–water partition coefficient (Wildman–Crippen LogP) is -1.37. The van der Waals surface area contributed by atoms with Gasteiger partial charge in [0.2, 0.25) is 0 Å². The molecule has 3 heteroatoms. The van der Waals surface area contributed by atoms with Crippen LogP contribution in [0.5, 0.6) is 0 Å². The van der Waals surface area contributed by atoms with E-state index in [9.17, 15) is 0 Å². The number of aliphatic hydroxyl groups is 1. The van der Waals surface area contributed by atoms with Crippen LogP contribution in [-0.4, -0.2) is 66.6 Å². The number of aliphatic hydroxyl groups excluding tert-OH is 1. The van der Waals surface area contributed by atoms with E-state index in [1.807, 2.05) is 0 Å². The summed E-state index contributed by atoms with van der Waals surface area (Å²) in [5.74, 6) is 0. The Morgan fingerprint density at radius 2 is 1.50 bits per heavy atom.